The van der Waals surface area contributed by atoms with E-state index in [-0.39, 0.29) is 0 Å². The Morgan fingerprint density at radius 2 is 1.50 bits per heavy atom. The smallest absolute Gasteiger partial charge is 0.123 e. The topological polar surface area (TPSA) is 24.8 Å². The summed E-state index contributed by atoms with van der Waals surface area (Å²) >= 11 is 0. The Morgan fingerprint density at radius 1 is 0.900 bits per heavy atom. The van der Waals surface area contributed by atoms with Gasteiger partial charge in [0.15, 0.2) is 0 Å². The molecule has 1 rings (SSSR count). The fourth-order valence-corrected chi connectivity index (χ4v) is 2.75. The SMILES string of the molecule is CCCCCCCCCCCCC1=NCCN1OCC. The van der Waals surface area contributed by atoms with E-state index in [9.17, 15) is 0 Å². The van der Waals surface area contributed by atoms with Crippen LogP contribution in [0.2, 0.25) is 0 Å². The summed E-state index contributed by atoms with van der Waals surface area (Å²) in [4.78, 5) is 10.1. The molecule has 118 valence electrons. The van der Waals surface area contributed by atoms with Crippen LogP contribution in [0, 0.1) is 0 Å². The molecule has 20 heavy (non-hydrogen) atoms. The third kappa shape index (κ3) is 7.88. The quantitative estimate of drug-likeness (QED) is 0.446. The number of aliphatic imine (C=N–C) groups is 1. The number of hydrogen-bond acceptors (Lipinski definition) is 3. The van der Waals surface area contributed by atoms with Gasteiger partial charge >= 0.3 is 0 Å². The van der Waals surface area contributed by atoms with Gasteiger partial charge in [-0.05, 0) is 13.3 Å². The lowest BCUT2D eigenvalue weighted by atomic mass is 10.1. The summed E-state index contributed by atoms with van der Waals surface area (Å²) in [5.41, 5.74) is 0. The summed E-state index contributed by atoms with van der Waals surface area (Å²) in [5, 5.41) is 1.99. The summed E-state index contributed by atoms with van der Waals surface area (Å²) in [5.74, 6) is 1.17. The van der Waals surface area contributed by atoms with Crippen LogP contribution in [0.3, 0.4) is 0 Å². The average Bonchev–Trinajstić information content (AvgIpc) is 2.89. The van der Waals surface area contributed by atoms with Gasteiger partial charge in [-0.25, -0.2) is 5.06 Å². The highest BCUT2D eigenvalue weighted by molar-refractivity contribution is 5.82. The van der Waals surface area contributed by atoms with Crippen LogP contribution in [0.15, 0.2) is 4.99 Å². The lowest BCUT2D eigenvalue weighted by Gasteiger charge is -2.18. The summed E-state index contributed by atoms with van der Waals surface area (Å²) in [6.07, 6.45) is 15.0. The van der Waals surface area contributed by atoms with Crippen molar-refractivity contribution in [3.8, 4) is 0 Å². The van der Waals surface area contributed by atoms with Crippen molar-refractivity contribution in [2.45, 2.75) is 84.5 Å². The molecule has 1 aliphatic rings. The molecule has 1 aliphatic heterocycles. The molecule has 0 aromatic heterocycles. The fourth-order valence-electron chi connectivity index (χ4n) is 2.75. The van der Waals surface area contributed by atoms with Crippen molar-refractivity contribution in [2.24, 2.45) is 4.99 Å². The standard InChI is InChI=1S/C17H34N2O/c1-3-5-6-7-8-9-10-11-12-13-14-17-18-15-16-19(17)20-4-2/h3-16H2,1-2H3. The summed E-state index contributed by atoms with van der Waals surface area (Å²) < 4.78 is 0. The Kier molecular flexibility index (Phi) is 10.7. The molecule has 3 nitrogen and oxygen atoms in total. The molecule has 0 radical (unpaired) electrons. The first-order valence-corrected chi connectivity index (χ1v) is 8.82. The van der Waals surface area contributed by atoms with Crippen molar-refractivity contribution in [2.75, 3.05) is 19.7 Å². The number of unbranched alkanes of at least 4 members (excludes halogenated alkanes) is 9. The van der Waals surface area contributed by atoms with E-state index in [1.54, 1.807) is 0 Å². The summed E-state index contributed by atoms with van der Waals surface area (Å²) in [6.45, 7) is 6.92. The third-order valence-corrected chi connectivity index (χ3v) is 3.92. The molecule has 0 spiro atoms. The van der Waals surface area contributed by atoms with Crippen LogP contribution >= 0.6 is 0 Å². The molecule has 0 aliphatic carbocycles. The maximum Gasteiger partial charge on any atom is 0.123 e. The number of nitrogens with zero attached hydrogens (tertiary/aromatic N) is 2. The molecule has 0 aromatic rings. The van der Waals surface area contributed by atoms with E-state index in [1.165, 1.54) is 70.0 Å². The van der Waals surface area contributed by atoms with Gasteiger partial charge in [0.25, 0.3) is 0 Å². The van der Waals surface area contributed by atoms with Gasteiger partial charge < -0.3 is 0 Å². The van der Waals surface area contributed by atoms with Crippen molar-refractivity contribution in [3.63, 3.8) is 0 Å². The summed E-state index contributed by atoms with van der Waals surface area (Å²) in [7, 11) is 0. The predicted molar refractivity (Wildman–Crippen MR) is 87.1 cm³/mol. The molecule has 0 saturated heterocycles. The largest absolute Gasteiger partial charge is 0.273 e. The number of hydroxylamine groups is 2. The van der Waals surface area contributed by atoms with Crippen LogP contribution in [-0.4, -0.2) is 30.6 Å². The average molecular weight is 282 g/mol. The maximum absolute atomic E-state index is 5.56. The number of rotatable bonds is 13. The fraction of sp³-hybridized carbons (Fsp3) is 0.941. The molecule has 0 bridgehead atoms. The number of hydrogen-bond donors (Lipinski definition) is 0. The third-order valence-electron chi connectivity index (χ3n) is 3.92. The molecule has 0 unspecified atom stereocenters. The molecule has 1 heterocycles. The van der Waals surface area contributed by atoms with Crippen molar-refractivity contribution in [1.29, 1.82) is 0 Å². The monoisotopic (exact) mass is 282 g/mol. The first kappa shape index (κ1) is 17.5. The minimum absolute atomic E-state index is 0.747. The van der Waals surface area contributed by atoms with Crippen LogP contribution in [0.5, 0.6) is 0 Å². The van der Waals surface area contributed by atoms with Crippen LogP contribution in [0.1, 0.15) is 84.5 Å². The Labute approximate surface area is 125 Å². The molecule has 0 N–H and O–H groups in total. The van der Waals surface area contributed by atoms with E-state index in [2.05, 4.69) is 11.9 Å². The highest BCUT2D eigenvalue weighted by Gasteiger charge is 2.16. The second-order valence-corrected chi connectivity index (χ2v) is 5.75. The van der Waals surface area contributed by atoms with Crippen LogP contribution in [0.4, 0.5) is 0 Å². The summed E-state index contributed by atoms with van der Waals surface area (Å²) in [6, 6.07) is 0. The molecule has 0 saturated carbocycles. The molecule has 0 amide bonds. The van der Waals surface area contributed by atoms with Crippen LogP contribution < -0.4 is 0 Å². The van der Waals surface area contributed by atoms with Crippen molar-refractivity contribution < 1.29 is 4.84 Å². The highest BCUT2D eigenvalue weighted by Crippen LogP contribution is 2.13. The lowest BCUT2D eigenvalue weighted by Crippen LogP contribution is -2.27. The zero-order valence-corrected chi connectivity index (χ0v) is 13.7. The first-order valence-electron chi connectivity index (χ1n) is 8.82. The molecule has 0 fully saturated rings. The van der Waals surface area contributed by atoms with E-state index < -0.39 is 0 Å². The van der Waals surface area contributed by atoms with Gasteiger partial charge in [0.1, 0.15) is 5.84 Å². The van der Waals surface area contributed by atoms with Gasteiger partial charge in [-0.1, -0.05) is 64.7 Å². The molecular formula is C17H34N2O. The zero-order chi connectivity index (χ0) is 14.5. The highest BCUT2D eigenvalue weighted by atomic mass is 16.7. The van der Waals surface area contributed by atoms with Gasteiger partial charge in [-0.3, -0.25) is 9.83 Å². The molecular weight excluding hydrogens is 248 g/mol. The zero-order valence-electron chi connectivity index (χ0n) is 13.7. The molecule has 0 aromatic carbocycles. The Balaban J connectivity index is 1.87. The van der Waals surface area contributed by atoms with Crippen molar-refractivity contribution in [1.82, 2.24) is 5.06 Å². The first-order chi connectivity index (χ1) is 9.88. The van der Waals surface area contributed by atoms with Gasteiger partial charge in [0.2, 0.25) is 0 Å². The normalized spacial score (nSPS) is 14.9. The Bertz CT molecular complexity index is 253. The molecule has 3 heteroatoms. The Hall–Kier alpha value is -0.570. The lowest BCUT2D eigenvalue weighted by molar-refractivity contribution is -0.0864. The minimum Gasteiger partial charge on any atom is -0.273 e. The predicted octanol–water partition coefficient (Wildman–Crippen LogP) is 4.96. The van der Waals surface area contributed by atoms with Crippen molar-refractivity contribution >= 4 is 5.84 Å². The van der Waals surface area contributed by atoms with E-state index in [0.29, 0.717) is 0 Å². The van der Waals surface area contributed by atoms with E-state index in [0.717, 1.165) is 26.1 Å². The molecule has 0 atom stereocenters. The van der Waals surface area contributed by atoms with E-state index in [4.69, 9.17) is 4.84 Å². The van der Waals surface area contributed by atoms with Gasteiger partial charge in [-0.2, -0.15) is 0 Å². The van der Waals surface area contributed by atoms with E-state index >= 15 is 0 Å². The van der Waals surface area contributed by atoms with Gasteiger partial charge in [0.05, 0.1) is 19.7 Å². The number of amidine groups is 1. The van der Waals surface area contributed by atoms with E-state index in [1.807, 2.05) is 12.0 Å². The Morgan fingerprint density at radius 3 is 2.10 bits per heavy atom. The van der Waals surface area contributed by atoms with Crippen molar-refractivity contribution in [3.05, 3.63) is 0 Å². The maximum atomic E-state index is 5.56. The second-order valence-electron chi connectivity index (χ2n) is 5.75. The minimum atomic E-state index is 0.747. The van der Waals surface area contributed by atoms with Gasteiger partial charge in [-0.15, -0.1) is 0 Å². The van der Waals surface area contributed by atoms with Crippen LogP contribution in [-0.2, 0) is 4.84 Å². The second kappa shape index (κ2) is 12.2. The van der Waals surface area contributed by atoms with Gasteiger partial charge in [0, 0.05) is 6.42 Å². The van der Waals surface area contributed by atoms with Crippen LogP contribution in [0.25, 0.3) is 0 Å².